The van der Waals surface area contributed by atoms with E-state index in [1.54, 1.807) is 12.2 Å². The van der Waals surface area contributed by atoms with Gasteiger partial charge in [0.2, 0.25) is 3.79 Å². The topological polar surface area (TPSA) is 20.2 Å². The van der Waals surface area contributed by atoms with Gasteiger partial charge in [0.25, 0.3) is 0 Å². The Morgan fingerprint density at radius 2 is 1.81 bits per heavy atom. The Kier molecular flexibility index (Phi) is 5.18. The molecule has 0 heterocycles. The number of benzene rings is 1. The maximum absolute atomic E-state index is 9.28. The Labute approximate surface area is 110 Å². The summed E-state index contributed by atoms with van der Waals surface area (Å²) >= 11 is 16.3. The van der Waals surface area contributed by atoms with E-state index in [2.05, 4.69) is 11.8 Å². The lowest BCUT2D eigenvalue weighted by atomic mass is 10.2. The monoisotopic (exact) mass is 274 g/mol. The van der Waals surface area contributed by atoms with E-state index in [-0.39, 0.29) is 0 Å². The zero-order chi connectivity index (χ0) is 12.0. The van der Waals surface area contributed by atoms with E-state index in [0.717, 1.165) is 5.56 Å². The highest BCUT2D eigenvalue weighted by molar-refractivity contribution is 6.68. The van der Waals surface area contributed by atoms with Crippen LogP contribution in [0.15, 0.2) is 36.4 Å². The fraction of sp³-hybridized carbons (Fsp3) is 0.167. The number of hydrogen-bond acceptors (Lipinski definition) is 1. The minimum absolute atomic E-state index is 1.01. The summed E-state index contributed by atoms with van der Waals surface area (Å²) in [4.78, 5) is 0. The Morgan fingerprint density at radius 1 is 1.19 bits per heavy atom. The summed E-state index contributed by atoms with van der Waals surface area (Å²) in [5.74, 6) is 5.02. The molecule has 1 nitrogen and oxygen atoms in total. The molecule has 1 N–H and O–H groups in total. The SMILES string of the molecule is O[C@H](C#CC=Cc1ccccc1)C(Cl)(Cl)Cl. The summed E-state index contributed by atoms with van der Waals surface area (Å²) in [5, 5.41) is 9.28. The number of halogens is 3. The Morgan fingerprint density at radius 3 is 2.38 bits per heavy atom. The fourth-order valence-electron chi connectivity index (χ4n) is 0.911. The summed E-state index contributed by atoms with van der Waals surface area (Å²) in [5.41, 5.74) is 1.01. The molecule has 0 aliphatic rings. The smallest absolute Gasteiger partial charge is 0.227 e. The molecule has 0 saturated heterocycles. The summed E-state index contributed by atoms with van der Waals surface area (Å²) in [7, 11) is 0. The summed E-state index contributed by atoms with van der Waals surface area (Å²) in [6.07, 6.45) is 2.10. The first kappa shape index (κ1) is 13.4. The van der Waals surface area contributed by atoms with Crippen LogP contribution >= 0.6 is 34.8 Å². The van der Waals surface area contributed by atoms with Crippen LogP contribution in [-0.2, 0) is 0 Å². The van der Waals surface area contributed by atoms with Gasteiger partial charge >= 0.3 is 0 Å². The van der Waals surface area contributed by atoms with E-state index in [9.17, 15) is 5.11 Å². The molecular weight excluding hydrogens is 266 g/mol. The molecule has 0 saturated carbocycles. The molecule has 0 unspecified atom stereocenters. The number of hydrogen-bond donors (Lipinski definition) is 1. The van der Waals surface area contributed by atoms with Crippen LogP contribution in [0.5, 0.6) is 0 Å². The van der Waals surface area contributed by atoms with Crippen molar-refractivity contribution in [3.63, 3.8) is 0 Å². The Bertz CT molecular complexity index is 409. The predicted octanol–water partition coefficient (Wildman–Crippen LogP) is 3.43. The third-order valence-electron chi connectivity index (χ3n) is 1.69. The number of allylic oxidation sites excluding steroid dienone is 1. The predicted molar refractivity (Wildman–Crippen MR) is 69.5 cm³/mol. The van der Waals surface area contributed by atoms with Crippen LogP contribution in [0, 0.1) is 11.8 Å². The van der Waals surface area contributed by atoms with Gasteiger partial charge in [0, 0.05) is 0 Å². The van der Waals surface area contributed by atoms with Gasteiger partial charge in [-0.25, -0.2) is 0 Å². The zero-order valence-electron chi connectivity index (χ0n) is 8.20. The van der Waals surface area contributed by atoms with E-state index in [1.807, 2.05) is 30.3 Å². The van der Waals surface area contributed by atoms with Gasteiger partial charge in [0.05, 0.1) is 0 Å². The van der Waals surface area contributed by atoms with Gasteiger partial charge in [0.15, 0.2) is 6.10 Å². The lowest BCUT2D eigenvalue weighted by Crippen LogP contribution is -2.22. The van der Waals surface area contributed by atoms with Crippen LogP contribution in [-0.4, -0.2) is 15.0 Å². The highest BCUT2D eigenvalue weighted by Gasteiger charge is 2.28. The van der Waals surface area contributed by atoms with E-state index in [4.69, 9.17) is 34.8 Å². The molecule has 1 aromatic rings. The first-order valence-corrected chi connectivity index (χ1v) is 5.61. The van der Waals surface area contributed by atoms with Gasteiger partial charge in [0.1, 0.15) is 0 Å². The maximum Gasteiger partial charge on any atom is 0.227 e. The maximum atomic E-state index is 9.28. The molecule has 0 bridgehead atoms. The average Bonchev–Trinajstić information content (AvgIpc) is 2.24. The molecule has 84 valence electrons. The molecule has 0 aliphatic carbocycles. The van der Waals surface area contributed by atoms with Crippen LogP contribution < -0.4 is 0 Å². The van der Waals surface area contributed by atoms with Crippen LogP contribution in [0.4, 0.5) is 0 Å². The van der Waals surface area contributed by atoms with Gasteiger partial charge in [-0.3, -0.25) is 0 Å². The van der Waals surface area contributed by atoms with Crippen molar-refractivity contribution >= 4 is 40.9 Å². The van der Waals surface area contributed by atoms with E-state index >= 15 is 0 Å². The van der Waals surface area contributed by atoms with Crippen LogP contribution in [0.25, 0.3) is 6.08 Å². The quantitative estimate of drug-likeness (QED) is 0.615. The average molecular weight is 276 g/mol. The van der Waals surface area contributed by atoms with Crippen molar-refractivity contribution in [3.05, 3.63) is 42.0 Å². The third-order valence-corrected chi connectivity index (χ3v) is 2.31. The van der Waals surface area contributed by atoms with Crippen LogP contribution in [0.3, 0.4) is 0 Å². The van der Waals surface area contributed by atoms with Crippen molar-refractivity contribution in [1.29, 1.82) is 0 Å². The zero-order valence-corrected chi connectivity index (χ0v) is 10.5. The fourth-order valence-corrected chi connectivity index (χ4v) is 1.07. The molecule has 0 aliphatic heterocycles. The first-order valence-electron chi connectivity index (χ1n) is 4.47. The normalized spacial score (nSPS) is 13.2. The second-order valence-corrected chi connectivity index (χ2v) is 5.35. The van der Waals surface area contributed by atoms with E-state index in [1.165, 1.54) is 0 Å². The lowest BCUT2D eigenvalue weighted by Gasteiger charge is -2.11. The summed E-state index contributed by atoms with van der Waals surface area (Å²) in [6, 6.07) is 9.63. The Hall–Kier alpha value is -0.650. The number of rotatable bonds is 1. The second-order valence-electron chi connectivity index (χ2n) is 2.98. The van der Waals surface area contributed by atoms with Gasteiger partial charge in [-0.2, -0.15) is 0 Å². The first-order chi connectivity index (χ1) is 7.50. The molecule has 4 heteroatoms. The highest BCUT2D eigenvalue weighted by atomic mass is 35.6. The number of aliphatic hydroxyl groups excluding tert-OH is 1. The molecule has 1 rings (SSSR count). The summed E-state index contributed by atoms with van der Waals surface area (Å²) in [6.45, 7) is 0. The van der Waals surface area contributed by atoms with E-state index in [0.29, 0.717) is 0 Å². The molecule has 0 radical (unpaired) electrons. The van der Waals surface area contributed by atoms with Gasteiger partial charge in [-0.15, -0.1) is 0 Å². The largest absolute Gasteiger partial charge is 0.376 e. The van der Waals surface area contributed by atoms with E-state index < -0.39 is 9.90 Å². The molecule has 16 heavy (non-hydrogen) atoms. The van der Waals surface area contributed by atoms with Gasteiger partial charge in [-0.05, 0) is 17.7 Å². The van der Waals surface area contributed by atoms with Crippen LogP contribution in [0.1, 0.15) is 5.56 Å². The molecule has 0 spiro atoms. The van der Waals surface area contributed by atoms with Crippen molar-refractivity contribution in [3.8, 4) is 11.8 Å². The van der Waals surface area contributed by atoms with Crippen molar-refractivity contribution < 1.29 is 5.11 Å². The standard InChI is InChI=1S/C12H9Cl3O/c13-12(14,15)11(16)9-5-4-8-10-6-2-1-3-7-10/h1-4,6-8,11,16H/t11-/m1/s1. The molecule has 1 aromatic carbocycles. The molecule has 0 aromatic heterocycles. The molecular formula is C12H9Cl3O. The van der Waals surface area contributed by atoms with Crippen molar-refractivity contribution in [2.75, 3.05) is 0 Å². The minimum Gasteiger partial charge on any atom is -0.376 e. The summed E-state index contributed by atoms with van der Waals surface area (Å²) < 4.78 is -1.77. The van der Waals surface area contributed by atoms with Crippen molar-refractivity contribution in [1.82, 2.24) is 0 Å². The van der Waals surface area contributed by atoms with Crippen LogP contribution in [0.2, 0.25) is 0 Å². The Balaban J connectivity index is 2.59. The van der Waals surface area contributed by atoms with Gasteiger partial charge in [-0.1, -0.05) is 77.0 Å². The third kappa shape index (κ3) is 4.92. The lowest BCUT2D eigenvalue weighted by molar-refractivity contribution is 0.237. The second kappa shape index (κ2) is 6.18. The molecule has 1 atom stereocenters. The molecule has 0 amide bonds. The van der Waals surface area contributed by atoms with Crippen molar-refractivity contribution in [2.24, 2.45) is 0 Å². The number of alkyl halides is 3. The minimum atomic E-state index is -1.77. The molecule has 0 fully saturated rings. The van der Waals surface area contributed by atoms with Gasteiger partial charge < -0.3 is 5.11 Å². The number of aliphatic hydroxyl groups is 1. The highest BCUT2D eigenvalue weighted by Crippen LogP contribution is 2.29. The van der Waals surface area contributed by atoms with Crippen molar-refractivity contribution in [2.45, 2.75) is 9.90 Å².